The maximum Gasteiger partial charge on any atom is 0.233 e. The molecule has 18 heavy (non-hydrogen) atoms. The Kier molecular flexibility index (Phi) is 5.47. The number of hydrogen-bond donors (Lipinski definition) is 0. The molecule has 0 aromatic rings. The second-order valence-electron chi connectivity index (χ2n) is 5.70. The molecule has 0 unspecified atom stereocenters. The lowest BCUT2D eigenvalue weighted by Crippen LogP contribution is -2.41. The second kappa shape index (κ2) is 6.07. The maximum atomic E-state index is 11.4. The quantitative estimate of drug-likeness (QED) is 0.707. The van der Waals surface area contributed by atoms with Crippen molar-refractivity contribution in [2.75, 3.05) is 25.6 Å². The van der Waals surface area contributed by atoms with Crippen LogP contribution in [0.2, 0.25) is 0 Å². The zero-order chi connectivity index (χ0) is 13.9. The fourth-order valence-electron chi connectivity index (χ4n) is 1.95. The van der Waals surface area contributed by atoms with E-state index in [-0.39, 0.29) is 11.4 Å². The van der Waals surface area contributed by atoms with Crippen LogP contribution in [0.15, 0.2) is 0 Å². The largest absolute Gasteiger partial charge is 0.381 e. The molecule has 0 atom stereocenters. The Bertz CT molecular complexity index is 358. The summed E-state index contributed by atoms with van der Waals surface area (Å²) in [6, 6.07) is 0. The van der Waals surface area contributed by atoms with Gasteiger partial charge in [-0.05, 0) is 33.1 Å². The van der Waals surface area contributed by atoms with Gasteiger partial charge >= 0.3 is 0 Å². The van der Waals surface area contributed by atoms with Crippen LogP contribution in [0.4, 0.5) is 0 Å². The Hall–Kier alpha value is 0.160. The maximum absolute atomic E-state index is 11.4. The average Bonchev–Trinajstić information content (AvgIpc) is 2.26. The molecule has 1 aliphatic rings. The molecule has 1 heterocycles. The molecule has 108 valence electrons. The van der Waals surface area contributed by atoms with E-state index in [9.17, 15) is 8.42 Å². The van der Waals surface area contributed by atoms with Crippen LogP contribution >= 0.6 is 10.7 Å². The summed E-state index contributed by atoms with van der Waals surface area (Å²) >= 11 is 0. The average molecular weight is 299 g/mol. The van der Waals surface area contributed by atoms with E-state index in [2.05, 4.69) is 6.92 Å². The zero-order valence-electron chi connectivity index (χ0n) is 11.4. The first-order valence-corrected chi connectivity index (χ1v) is 8.80. The molecule has 0 aromatic carbocycles. The van der Waals surface area contributed by atoms with Crippen molar-refractivity contribution >= 4 is 19.7 Å². The second-order valence-corrected chi connectivity index (χ2v) is 8.47. The van der Waals surface area contributed by atoms with Crippen LogP contribution in [0.1, 0.15) is 40.0 Å². The van der Waals surface area contributed by atoms with Crippen LogP contribution in [0.5, 0.6) is 0 Å². The molecule has 1 aliphatic heterocycles. The van der Waals surface area contributed by atoms with Crippen molar-refractivity contribution in [1.29, 1.82) is 0 Å². The fraction of sp³-hybridized carbons (Fsp3) is 1.00. The van der Waals surface area contributed by atoms with Crippen LogP contribution < -0.4 is 0 Å². The Labute approximate surface area is 114 Å². The van der Waals surface area contributed by atoms with Gasteiger partial charge in [-0.3, -0.25) is 0 Å². The van der Waals surface area contributed by atoms with Gasteiger partial charge in [0, 0.05) is 29.3 Å². The van der Waals surface area contributed by atoms with Crippen molar-refractivity contribution in [1.82, 2.24) is 0 Å². The molecule has 0 aromatic heterocycles. The fourth-order valence-corrected chi connectivity index (χ4v) is 3.75. The monoisotopic (exact) mass is 298 g/mol. The molecular weight excluding hydrogens is 276 g/mol. The number of halogens is 1. The van der Waals surface area contributed by atoms with E-state index in [4.69, 9.17) is 20.2 Å². The molecule has 0 saturated carbocycles. The highest BCUT2D eigenvalue weighted by molar-refractivity contribution is 8.13. The molecule has 0 radical (unpaired) electrons. The normalized spacial score (nSPS) is 20.9. The molecule has 1 saturated heterocycles. The topological polar surface area (TPSA) is 52.6 Å². The van der Waals surface area contributed by atoms with Gasteiger partial charge in [0.15, 0.2) is 0 Å². The van der Waals surface area contributed by atoms with Crippen molar-refractivity contribution < 1.29 is 17.9 Å². The predicted molar refractivity (Wildman–Crippen MR) is 72.4 cm³/mol. The van der Waals surface area contributed by atoms with Gasteiger partial charge in [-0.25, -0.2) is 8.42 Å². The Morgan fingerprint density at radius 1 is 1.33 bits per heavy atom. The van der Waals surface area contributed by atoms with E-state index in [0.717, 1.165) is 6.42 Å². The smallest absolute Gasteiger partial charge is 0.233 e. The summed E-state index contributed by atoms with van der Waals surface area (Å²) in [5.74, 6) is -0.0370. The zero-order valence-corrected chi connectivity index (χ0v) is 12.9. The van der Waals surface area contributed by atoms with E-state index < -0.39 is 14.5 Å². The Balaban J connectivity index is 2.72. The van der Waals surface area contributed by atoms with Crippen molar-refractivity contribution in [2.45, 2.75) is 45.6 Å². The summed E-state index contributed by atoms with van der Waals surface area (Å²) in [5, 5.41) is 0. The van der Waals surface area contributed by atoms with Crippen LogP contribution in [-0.2, 0) is 18.5 Å². The van der Waals surface area contributed by atoms with Gasteiger partial charge < -0.3 is 9.47 Å². The van der Waals surface area contributed by atoms with Gasteiger partial charge in [-0.1, -0.05) is 6.92 Å². The van der Waals surface area contributed by atoms with Crippen LogP contribution in [0.25, 0.3) is 0 Å². The highest BCUT2D eigenvalue weighted by Crippen LogP contribution is 2.35. The van der Waals surface area contributed by atoms with Crippen molar-refractivity contribution in [2.24, 2.45) is 5.41 Å². The van der Waals surface area contributed by atoms with Crippen LogP contribution in [0.3, 0.4) is 0 Å². The Morgan fingerprint density at radius 3 is 2.33 bits per heavy atom. The molecule has 1 fully saturated rings. The van der Waals surface area contributed by atoms with Gasteiger partial charge in [-0.15, -0.1) is 0 Å². The lowest BCUT2D eigenvalue weighted by atomic mass is 9.83. The summed E-state index contributed by atoms with van der Waals surface area (Å²) < 4.78 is 33.9. The molecule has 0 amide bonds. The molecule has 1 rings (SSSR count). The minimum Gasteiger partial charge on any atom is -0.381 e. The molecule has 0 aliphatic carbocycles. The molecular formula is C12H23ClO4S. The third kappa shape index (κ3) is 5.43. The summed E-state index contributed by atoms with van der Waals surface area (Å²) in [6.07, 6.45) is 2.24. The van der Waals surface area contributed by atoms with Crippen molar-refractivity contribution in [3.8, 4) is 0 Å². The van der Waals surface area contributed by atoms with Gasteiger partial charge in [0.05, 0.1) is 18.0 Å². The molecule has 0 bridgehead atoms. The summed E-state index contributed by atoms with van der Waals surface area (Å²) in [6.45, 7) is 7.63. The first-order chi connectivity index (χ1) is 8.18. The standard InChI is InChI=1S/C12H23ClO4S/c1-4-11(2,3)17-9-12(10-18(13,14)15)5-7-16-8-6-12/h4-10H2,1-3H3. The lowest BCUT2D eigenvalue weighted by molar-refractivity contribution is -0.0884. The van der Waals surface area contributed by atoms with Crippen LogP contribution in [0, 0.1) is 5.41 Å². The number of ether oxygens (including phenoxy) is 2. The third-order valence-electron chi connectivity index (χ3n) is 3.65. The summed E-state index contributed by atoms with van der Waals surface area (Å²) in [7, 11) is 1.90. The Morgan fingerprint density at radius 2 is 1.89 bits per heavy atom. The number of hydrogen-bond acceptors (Lipinski definition) is 4. The van der Waals surface area contributed by atoms with Gasteiger partial charge in [0.1, 0.15) is 0 Å². The highest BCUT2D eigenvalue weighted by atomic mass is 35.7. The van der Waals surface area contributed by atoms with Gasteiger partial charge in [0.2, 0.25) is 9.05 Å². The highest BCUT2D eigenvalue weighted by Gasteiger charge is 2.38. The first-order valence-electron chi connectivity index (χ1n) is 6.32. The van der Waals surface area contributed by atoms with E-state index in [1.165, 1.54) is 0 Å². The van der Waals surface area contributed by atoms with E-state index >= 15 is 0 Å². The van der Waals surface area contributed by atoms with E-state index in [0.29, 0.717) is 32.7 Å². The summed E-state index contributed by atoms with van der Waals surface area (Å²) in [5.41, 5.74) is -0.632. The number of rotatable bonds is 6. The van der Waals surface area contributed by atoms with E-state index in [1.807, 2.05) is 13.8 Å². The predicted octanol–water partition coefficient (Wildman–Crippen LogP) is 2.56. The lowest BCUT2D eigenvalue weighted by Gasteiger charge is -2.38. The van der Waals surface area contributed by atoms with Crippen molar-refractivity contribution in [3.05, 3.63) is 0 Å². The van der Waals surface area contributed by atoms with Crippen molar-refractivity contribution in [3.63, 3.8) is 0 Å². The molecule has 4 nitrogen and oxygen atoms in total. The first kappa shape index (κ1) is 16.2. The summed E-state index contributed by atoms with van der Waals surface area (Å²) in [4.78, 5) is 0. The van der Waals surface area contributed by atoms with Gasteiger partial charge in [0.25, 0.3) is 0 Å². The minimum absolute atomic E-state index is 0.0370. The van der Waals surface area contributed by atoms with Gasteiger partial charge in [-0.2, -0.15) is 0 Å². The van der Waals surface area contributed by atoms with Crippen LogP contribution in [-0.4, -0.2) is 39.6 Å². The third-order valence-corrected chi connectivity index (χ3v) is 4.94. The molecule has 0 N–H and O–H groups in total. The SMILES string of the molecule is CCC(C)(C)OCC1(CS(=O)(=O)Cl)CCOCC1. The molecule has 6 heteroatoms. The van der Waals surface area contributed by atoms with E-state index in [1.54, 1.807) is 0 Å². The minimum atomic E-state index is -3.52. The molecule has 0 spiro atoms.